The number of hydrogen-bond donors (Lipinski definition) is 5. The summed E-state index contributed by atoms with van der Waals surface area (Å²) in [5, 5.41) is 8.21. The number of aromatic amines is 2. The number of nitrogens with zero attached hydrogens (tertiary/aromatic N) is 4. The lowest BCUT2D eigenvalue weighted by Crippen LogP contribution is -2.51. The van der Waals surface area contributed by atoms with E-state index < -0.39 is 24.3 Å². The fraction of sp³-hybridized carbons (Fsp3) is 0.383. The third kappa shape index (κ3) is 10.4. The molecular formula is C47H55N9O7. The molecule has 16 heteroatoms. The highest BCUT2D eigenvalue weighted by Gasteiger charge is 2.38. The summed E-state index contributed by atoms with van der Waals surface area (Å²) in [4.78, 5) is 83.2. The Morgan fingerprint density at radius 2 is 1.13 bits per heavy atom. The van der Waals surface area contributed by atoms with Gasteiger partial charge in [-0.3, -0.25) is 14.4 Å². The topological polar surface area (TPSA) is 204 Å². The molecule has 330 valence electrons. The maximum atomic E-state index is 14.1. The van der Waals surface area contributed by atoms with Gasteiger partial charge in [0.15, 0.2) is 0 Å². The average molecular weight is 858 g/mol. The van der Waals surface area contributed by atoms with Crippen LogP contribution in [0.4, 0.5) is 9.59 Å². The Bertz CT molecular complexity index is 2390. The smallest absolute Gasteiger partial charge is 0.407 e. The first-order valence-corrected chi connectivity index (χ1v) is 21.4. The molecule has 2 aromatic heterocycles. The average Bonchev–Trinajstić information content (AvgIpc) is 4.14. The summed E-state index contributed by atoms with van der Waals surface area (Å²) in [5.74, 6) is 0.794. The van der Waals surface area contributed by atoms with Gasteiger partial charge in [0, 0.05) is 33.0 Å². The van der Waals surface area contributed by atoms with Crippen molar-refractivity contribution in [2.24, 2.45) is 5.92 Å². The number of benzene rings is 3. The van der Waals surface area contributed by atoms with Crippen LogP contribution in [-0.2, 0) is 36.8 Å². The van der Waals surface area contributed by atoms with Gasteiger partial charge in [0.25, 0.3) is 0 Å². The van der Waals surface area contributed by atoms with E-state index in [2.05, 4.69) is 55.2 Å². The Kier molecular flexibility index (Phi) is 13.9. The van der Waals surface area contributed by atoms with Gasteiger partial charge in [-0.2, -0.15) is 0 Å². The van der Waals surface area contributed by atoms with Gasteiger partial charge in [-0.1, -0.05) is 86.6 Å². The number of methoxy groups -OCH3 is 2. The van der Waals surface area contributed by atoms with Crippen LogP contribution in [0.2, 0.25) is 0 Å². The van der Waals surface area contributed by atoms with Crippen LogP contribution in [0.1, 0.15) is 81.3 Å². The van der Waals surface area contributed by atoms with Crippen molar-refractivity contribution in [3.63, 3.8) is 0 Å². The van der Waals surface area contributed by atoms with Crippen molar-refractivity contribution >= 4 is 29.9 Å². The lowest BCUT2D eigenvalue weighted by atomic mass is 10.0. The Balaban J connectivity index is 0.989. The first kappa shape index (κ1) is 44.1. The van der Waals surface area contributed by atoms with Crippen molar-refractivity contribution in [3.8, 4) is 33.6 Å². The highest BCUT2D eigenvalue weighted by molar-refractivity contribution is 5.87. The standard InChI is InChI=1S/C47H55N9O7/c1-28(2)41(54-47(61)63-5)45(59)56-23-7-9-40(56)43-50-27-38(52-43)35-20-16-33(17-21-35)32-14-18-34(19-15-32)37-26-49-42(51-37)39-8-6-22-55(39)44(58)36(53-46(60)62-4)24-30-10-12-31(13-11-30)25-48-29(3)57/h10-21,26-28,36,39-41H,6-9,22-25H2,1-5H3,(H,48,57)(H,49,51)(H,50,52)(H,53,60)(H,54,61)/t36-,39-,40-,41-/m0/s1. The second-order valence-electron chi connectivity index (χ2n) is 16.4. The van der Waals surface area contributed by atoms with Gasteiger partial charge < -0.3 is 45.2 Å². The number of alkyl carbamates (subject to hydrolysis) is 2. The zero-order valence-corrected chi connectivity index (χ0v) is 36.3. The van der Waals surface area contributed by atoms with E-state index in [1.54, 1.807) is 22.2 Å². The maximum absolute atomic E-state index is 14.1. The monoisotopic (exact) mass is 857 g/mol. The number of aromatic nitrogens is 4. The number of rotatable bonds is 14. The fourth-order valence-electron chi connectivity index (χ4n) is 8.35. The molecule has 4 atom stereocenters. The molecule has 2 fully saturated rings. The van der Waals surface area contributed by atoms with Crippen LogP contribution < -0.4 is 16.0 Å². The second-order valence-corrected chi connectivity index (χ2v) is 16.4. The molecule has 0 radical (unpaired) electrons. The van der Waals surface area contributed by atoms with Crippen LogP contribution in [0, 0.1) is 5.92 Å². The normalized spacial score (nSPS) is 17.0. The lowest BCUT2D eigenvalue weighted by Gasteiger charge is -2.30. The molecule has 0 saturated carbocycles. The van der Waals surface area contributed by atoms with Crippen LogP contribution in [0.3, 0.4) is 0 Å². The second kappa shape index (κ2) is 19.8. The van der Waals surface area contributed by atoms with Crippen molar-refractivity contribution in [1.29, 1.82) is 0 Å². The van der Waals surface area contributed by atoms with Crippen LogP contribution in [0.5, 0.6) is 0 Å². The summed E-state index contributed by atoms with van der Waals surface area (Å²) in [6.07, 6.45) is 5.65. The maximum Gasteiger partial charge on any atom is 0.407 e. The third-order valence-corrected chi connectivity index (χ3v) is 11.8. The molecule has 5 aromatic rings. The van der Waals surface area contributed by atoms with Crippen molar-refractivity contribution in [3.05, 3.63) is 108 Å². The van der Waals surface area contributed by atoms with Gasteiger partial charge in [0.1, 0.15) is 23.7 Å². The van der Waals surface area contributed by atoms with E-state index in [0.717, 1.165) is 70.5 Å². The minimum atomic E-state index is -0.853. The predicted octanol–water partition coefficient (Wildman–Crippen LogP) is 6.44. The van der Waals surface area contributed by atoms with E-state index in [1.165, 1.54) is 21.1 Å². The van der Waals surface area contributed by atoms with Crippen LogP contribution in [0.25, 0.3) is 33.6 Å². The number of carbonyl (C=O) groups excluding carboxylic acids is 5. The molecule has 3 aromatic carbocycles. The molecule has 0 aliphatic carbocycles. The van der Waals surface area contributed by atoms with E-state index in [9.17, 15) is 24.0 Å². The number of H-pyrrole nitrogens is 2. The molecule has 0 bridgehead atoms. The molecule has 2 aliphatic rings. The Hall–Kier alpha value is -6.97. The van der Waals surface area contributed by atoms with Gasteiger partial charge in [-0.15, -0.1) is 0 Å². The predicted molar refractivity (Wildman–Crippen MR) is 236 cm³/mol. The van der Waals surface area contributed by atoms with Gasteiger partial charge in [0.05, 0.1) is 50.1 Å². The SMILES string of the molecule is COC(=O)N[C@@H](Cc1ccc(CNC(C)=O)cc1)C(=O)N1CCC[C@H]1c1ncc(-c2ccc(-c3ccc(-c4cnc([C@@H]5CCCN5C(=O)[C@@H](NC(=O)OC)C(C)C)[nH]4)cc3)cc2)[nH]1. The third-order valence-electron chi connectivity index (χ3n) is 11.8. The molecule has 5 amide bonds. The molecule has 5 N–H and O–H groups in total. The summed E-state index contributed by atoms with van der Waals surface area (Å²) in [6, 6.07) is 21.9. The number of carbonyl (C=O) groups is 5. The Morgan fingerprint density at radius 3 is 1.60 bits per heavy atom. The largest absolute Gasteiger partial charge is 0.453 e. The minimum absolute atomic E-state index is 0.115. The van der Waals surface area contributed by atoms with Crippen LogP contribution in [-0.4, -0.2) is 99.0 Å². The van der Waals surface area contributed by atoms with Crippen molar-refractivity contribution in [2.45, 2.75) is 83.6 Å². The summed E-state index contributed by atoms with van der Waals surface area (Å²) in [7, 11) is 2.56. The fourth-order valence-corrected chi connectivity index (χ4v) is 8.35. The molecular weight excluding hydrogens is 803 g/mol. The summed E-state index contributed by atoms with van der Waals surface area (Å²) < 4.78 is 9.63. The molecule has 63 heavy (non-hydrogen) atoms. The molecule has 7 rings (SSSR count). The van der Waals surface area contributed by atoms with Gasteiger partial charge in [-0.25, -0.2) is 19.6 Å². The highest BCUT2D eigenvalue weighted by atomic mass is 16.5. The zero-order valence-electron chi connectivity index (χ0n) is 36.3. The lowest BCUT2D eigenvalue weighted by molar-refractivity contribution is -0.135. The first-order chi connectivity index (χ1) is 30.4. The van der Waals surface area contributed by atoms with E-state index in [0.29, 0.717) is 31.3 Å². The zero-order chi connectivity index (χ0) is 44.6. The van der Waals surface area contributed by atoms with Crippen LogP contribution in [0.15, 0.2) is 85.2 Å². The van der Waals surface area contributed by atoms with E-state index >= 15 is 0 Å². The number of amides is 5. The Morgan fingerprint density at radius 1 is 0.667 bits per heavy atom. The summed E-state index contributed by atoms with van der Waals surface area (Å²) >= 11 is 0. The van der Waals surface area contributed by atoms with Gasteiger partial charge in [0.2, 0.25) is 17.7 Å². The minimum Gasteiger partial charge on any atom is -0.453 e. The number of nitrogens with one attached hydrogen (secondary N) is 5. The first-order valence-electron chi connectivity index (χ1n) is 21.4. The summed E-state index contributed by atoms with van der Waals surface area (Å²) in [6.45, 7) is 6.77. The molecule has 0 spiro atoms. The van der Waals surface area contributed by atoms with Crippen molar-refractivity contribution in [1.82, 2.24) is 45.7 Å². The van der Waals surface area contributed by atoms with Gasteiger partial charge >= 0.3 is 12.2 Å². The van der Waals surface area contributed by atoms with Crippen molar-refractivity contribution in [2.75, 3.05) is 27.3 Å². The molecule has 4 heterocycles. The quantitative estimate of drug-likeness (QED) is 0.0832. The molecule has 2 aliphatic heterocycles. The Labute approximate surface area is 366 Å². The van der Waals surface area contributed by atoms with Crippen molar-refractivity contribution < 1.29 is 33.4 Å². The van der Waals surface area contributed by atoms with E-state index in [1.807, 2.05) is 62.4 Å². The molecule has 16 nitrogen and oxygen atoms in total. The number of ether oxygens (including phenoxy) is 2. The summed E-state index contributed by atoms with van der Waals surface area (Å²) in [5.41, 5.74) is 7.44. The van der Waals surface area contributed by atoms with Crippen LogP contribution >= 0.6 is 0 Å². The van der Waals surface area contributed by atoms with Gasteiger partial charge in [-0.05, 0) is 65.0 Å². The van der Waals surface area contributed by atoms with E-state index in [-0.39, 0.29) is 42.1 Å². The molecule has 0 unspecified atom stereocenters. The number of likely N-dealkylation sites (tertiary alicyclic amines) is 2. The highest BCUT2D eigenvalue weighted by Crippen LogP contribution is 2.35. The number of hydrogen-bond acceptors (Lipinski definition) is 9. The number of imidazole rings is 2. The van der Waals surface area contributed by atoms with E-state index in [4.69, 9.17) is 14.5 Å². The molecule has 2 saturated heterocycles.